The average molecular weight is 317 g/mol. The molecule has 23 heavy (non-hydrogen) atoms. The lowest BCUT2D eigenvalue weighted by molar-refractivity contribution is -0.116. The van der Waals surface area contributed by atoms with E-state index in [1.807, 2.05) is 25.1 Å². The quantitative estimate of drug-likeness (QED) is 0.881. The van der Waals surface area contributed by atoms with Crippen molar-refractivity contribution in [2.75, 3.05) is 18.5 Å². The first-order valence-corrected chi connectivity index (χ1v) is 7.75. The molecule has 1 aliphatic rings. The van der Waals surface area contributed by atoms with Gasteiger partial charge >= 0.3 is 6.01 Å². The molecule has 122 valence electrons. The Kier molecular flexibility index (Phi) is 4.75. The molecule has 1 aliphatic heterocycles. The van der Waals surface area contributed by atoms with Crippen LogP contribution in [-0.2, 0) is 11.2 Å². The minimum Gasteiger partial charge on any atom is -0.486 e. The highest BCUT2D eigenvalue weighted by atomic mass is 16.6. The van der Waals surface area contributed by atoms with Crippen LogP contribution in [0.2, 0.25) is 0 Å². The zero-order valence-electron chi connectivity index (χ0n) is 13.0. The summed E-state index contributed by atoms with van der Waals surface area (Å²) in [5.74, 6) is 1.80. The molecule has 0 fully saturated rings. The van der Waals surface area contributed by atoms with Crippen molar-refractivity contribution in [1.29, 1.82) is 0 Å². The molecule has 3 rings (SSSR count). The van der Waals surface area contributed by atoms with Gasteiger partial charge in [0.05, 0.1) is 6.42 Å². The van der Waals surface area contributed by atoms with Crippen molar-refractivity contribution in [3.8, 4) is 11.5 Å². The van der Waals surface area contributed by atoms with Gasteiger partial charge in [0.25, 0.3) is 0 Å². The van der Waals surface area contributed by atoms with Crippen LogP contribution in [0.1, 0.15) is 37.6 Å². The SMILES string of the molecule is CCCCC(=O)Nc1nnc(Cc2ccc3c(c2)OCCO3)o1. The normalized spacial score (nSPS) is 12.9. The number of nitrogens with zero attached hydrogens (tertiary/aromatic N) is 2. The molecular formula is C16H19N3O4. The highest BCUT2D eigenvalue weighted by Crippen LogP contribution is 2.31. The van der Waals surface area contributed by atoms with Gasteiger partial charge < -0.3 is 13.9 Å². The lowest BCUT2D eigenvalue weighted by Crippen LogP contribution is -2.15. The zero-order chi connectivity index (χ0) is 16.1. The van der Waals surface area contributed by atoms with Gasteiger partial charge in [0.1, 0.15) is 13.2 Å². The first-order valence-electron chi connectivity index (χ1n) is 7.75. The maximum atomic E-state index is 11.6. The van der Waals surface area contributed by atoms with Crippen molar-refractivity contribution in [2.45, 2.75) is 32.6 Å². The molecule has 1 N–H and O–H groups in total. The predicted octanol–water partition coefficient (Wildman–Crippen LogP) is 2.56. The molecule has 0 spiro atoms. The molecule has 0 saturated heterocycles. The van der Waals surface area contributed by atoms with Crippen molar-refractivity contribution in [3.05, 3.63) is 29.7 Å². The lowest BCUT2D eigenvalue weighted by Gasteiger charge is -2.18. The average Bonchev–Trinajstić information content (AvgIpc) is 2.99. The van der Waals surface area contributed by atoms with E-state index in [1.54, 1.807) is 0 Å². The third-order valence-corrected chi connectivity index (χ3v) is 3.43. The fourth-order valence-corrected chi connectivity index (χ4v) is 2.27. The van der Waals surface area contributed by atoms with E-state index in [9.17, 15) is 4.79 Å². The number of ether oxygens (including phenoxy) is 2. The van der Waals surface area contributed by atoms with E-state index in [4.69, 9.17) is 13.9 Å². The number of nitrogens with one attached hydrogen (secondary N) is 1. The van der Waals surface area contributed by atoms with Crippen LogP contribution < -0.4 is 14.8 Å². The molecule has 2 aromatic rings. The van der Waals surface area contributed by atoms with Gasteiger partial charge in [-0.15, -0.1) is 5.10 Å². The van der Waals surface area contributed by atoms with Crippen LogP contribution in [0.3, 0.4) is 0 Å². The summed E-state index contributed by atoms with van der Waals surface area (Å²) in [4.78, 5) is 11.6. The van der Waals surface area contributed by atoms with E-state index in [2.05, 4.69) is 15.5 Å². The minimum atomic E-state index is -0.110. The number of anilines is 1. The van der Waals surface area contributed by atoms with E-state index in [0.717, 1.165) is 29.9 Å². The van der Waals surface area contributed by atoms with Gasteiger partial charge in [-0.1, -0.05) is 24.5 Å². The van der Waals surface area contributed by atoms with E-state index in [0.29, 0.717) is 31.9 Å². The summed E-state index contributed by atoms with van der Waals surface area (Å²) in [6.07, 6.45) is 2.72. The van der Waals surface area contributed by atoms with E-state index < -0.39 is 0 Å². The van der Waals surface area contributed by atoms with Crippen LogP contribution in [0.15, 0.2) is 22.6 Å². The van der Waals surface area contributed by atoms with Crippen molar-refractivity contribution < 1.29 is 18.7 Å². The Morgan fingerprint density at radius 1 is 1.22 bits per heavy atom. The minimum absolute atomic E-state index is 0.110. The Labute approximate surface area is 134 Å². The highest BCUT2D eigenvalue weighted by Gasteiger charge is 2.14. The van der Waals surface area contributed by atoms with Crippen molar-refractivity contribution in [3.63, 3.8) is 0 Å². The van der Waals surface area contributed by atoms with Gasteiger partial charge in [-0.2, -0.15) is 0 Å². The maximum Gasteiger partial charge on any atom is 0.322 e. The number of hydrogen-bond donors (Lipinski definition) is 1. The molecule has 7 nitrogen and oxygen atoms in total. The zero-order valence-corrected chi connectivity index (χ0v) is 13.0. The van der Waals surface area contributed by atoms with E-state index in [1.165, 1.54) is 0 Å². The molecule has 0 unspecified atom stereocenters. The number of carbonyl (C=O) groups is 1. The standard InChI is InChI=1S/C16H19N3O4/c1-2-3-4-14(20)17-16-19-18-15(23-16)10-11-5-6-12-13(9-11)22-8-7-21-12/h5-6,9H,2-4,7-8,10H2,1H3,(H,17,19,20). The highest BCUT2D eigenvalue weighted by molar-refractivity contribution is 5.88. The van der Waals surface area contributed by atoms with Gasteiger partial charge in [0.2, 0.25) is 11.8 Å². The number of carbonyl (C=O) groups excluding carboxylic acids is 1. The molecule has 7 heteroatoms. The second kappa shape index (κ2) is 7.13. The number of rotatable bonds is 6. The second-order valence-electron chi connectivity index (χ2n) is 5.31. The third kappa shape index (κ3) is 4.00. The first kappa shape index (κ1) is 15.3. The number of unbranched alkanes of at least 4 members (excludes halogenated alkanes) is 1. The molecule has 1 aromatic carbocycles. The number of aromatic nitrogens is 2. The second-order valence-corrected chi connectivity index (χ2v) is 5.31. The van der Waals surface area contributed by atoms with Crippen LogP contribution in [0.25, 0.3) is 0 Å². The first-order chi connectivity index (χ1) is 11.2. The van der Waals surface area contributed by atoms with Gasteiger partial charge in [0, 0.05) is 6.42 Å². The molecule has 0 atom stereocenters. The molecular weight excluding hydrogens is 298 g/mol. The summed E-state index contributed by atoms with van der Waals surface area (Å²) >= 11 is 0. The van der Waals surface area contributed by atoms with Gasteiger partial charge in [-0.3, -0.25) is 10.1 Å². The summed E-state index contributed by atoms with van der Waals surface area (Å²) in [6, 6.07) is 5.84. The van der Waals surface area contributed by atoms with Crippen molar-refractivity contribution >= 4 is 11.9 Å². The fourth-order valence-electron chi connectivity index (χ4n) is 2.27. The Hall–Kier alpha value is -2.57. The fraction of sp³-hybridized carbons (Fsp3) is 0.438. The van der Waals surface area contributed by atoms with Crippen LogP contribution in [0.5, 0.6) is 11.5 Å². The summed E-state index contributed by atoms with van der Waals surface area (Å²) in [7, 11) is 0. The predicted molar refractivity (Wildman–Crippen MR) is 82.7 cm³/mol. The van der Waals surface area contributed by atoms with Crippen LogP contribution in [0, 0.1) is 0 Å². The number of amides is 1. The maximum absolute atomic E-state index is 11.6. The van der Waals surface area contributed by atoms with Gasteiger partial charge in [0.15, 0.2) is 11.5 Å². The van der Waals surface area contributed by atoms with E-state index >= 15 is 0 Å². The van der Waals surface area contributed by atoms with Crippen molar-refractivity contribution in [1.82, 2.24) is 10.2 Å². The number of fused-ring (bicyclic) bond motifs is 1. The summed E-state index contributed by atoms with van der Waals surface area (Å²) < 4.78 is 16.5. The molecule has 0 aliphatic carbocycles. The third-order valence-electron chi connectivity index (χ3n) is 3.43. The Morgan fingerprint density at radius 2 is 2.04 bits per heavy atom. The molecule has 0 radical (unpaired) electrons. The lowest BCUT2D eigenvalue weighted by atomic mass is 10.1. The summed E-state index contributed by atoms with van der Waals surface area (Å²) in [6.45, 7) is 3.15. The Balaban J connectivity index is 1.61. The topological polar surface area (TPSA) is 86.5 Å². The number of hydrogen-bond acceptors (Lipinski definition) is 6. The van der Waals surface area contributed by atoms with Crippen molar-refractivity contribution in [2.24, 2.45) is 0 Å². The molecule has 0 bridgehead atoms. The molecule has 0 saturated carbocycles. The number of benzene rings is 1. The molecule has 1 aromatic heterocycles. The Morgan fingerprint density at radius 3 is 2.87 bits per heavy atom. The smallest absolute Gasteiger partial charge is 0.322 e. The molecule has 1 amide bonds. The van der Waals surface area contributed by atoms with Gasteiger partial charge in [-0.05, 0) is 24.1 Å². The largest absolute Gasteiger partial charge is 0.486 e. The van der Waals surface area contributed by atoms with E-state index in [-0.39, 0.29) is 11.9 Å². The summed E-state index contributed by atoms with van der Waals surface area (Å²) in [5.41, 5.74) is 0.974. The van der Waals surface area contributed by atoms with Gasteiger partial charge in [-0.25, -0.2) is 0 Å². The molecule has 2 heterocycles. The summed E-state index contributed by atoms with van der Waals surface area (Å²) in [5, 5.41) is 10.4. The monoisotopic (exact) mass is 317 g/mol. The van der Waals surface area contributed by atoms with Crippen LogP contribution in [0.4, 0.5) is 6.01 Å². The van der Waals surface area contributed by atoms with Crippen LogP contribution in [-0.4, -0.2) is 29.3 Å². The van der Waals surface area contributed by atoms with Crippen LogP contribution >= 0.6 is 0 Å². The Bertz CT molecular complexity index is 684.